The maximum atomic E-state index is 11.9. The van der Waals surface area contributed by atoms with Gasteiger partial charge in [-0.25, -0.2) is 0 Å². The maximum Gasteiger partial charge on any atom is 0.219 e. The van der Waals surface area contributed by atoms with E-state index in [4.69, 9.17) is 0 Å². The Bertz CT molecular complexity index is 681. The zero-order chi connectivity index (χ0) is 15.5. The van der Waals surface area contributed by atoms with E-state index < -0.39 is 0 Å². The summed E-state index contributed by atoms with van der Waals surface area (Å²) in [4.78, 5) is 16.1. The third-order valence-corrected chi connectivity index (χ3v) is 4.39. The van der Waals surface area contributed by atoms with Gasteiger partial charge in [-0.05, 0) is 36.1 Å². The first-order chi connectivity index (χ1) is 10.7. The molecule has 3 heteroatoms. The summed E-state index contributed by atoms with van der Waals surface area (Å²) in [6.45, 7) is 3.14. The van der Waals surface area contributed by atoms with Crippen LogP contribution >= 0.6 is 0 Å². The van der Waals surface area contributed by atoms with E-state index >= 15 is 0 Å². The summed E-state index contributed by atoms with van der Waals surface area (Å²) in [5.74, 6) is 0.145. The van der Waals surface area contributed by atoms with Crippen molar-refractivity contribution in [1.29, 1.82) is 0 Å². The molecule has 0 radical (unpaired) electrons. The summed E-state index contributed by atoms with van der Waals surface area (Å²) in [6.07, 6.45) is 1.99. The summed E-state index contributed by atoms with van der Waals surface area (Å²) in [7, 11) is 2.11. The molecule has 2 aromatic rings. The van der Waals surface area contributed by atoms with Gasteiger partial charge in [-0.2, -0.15) is 0 Å². The number of hydrogen-bond acceptors (Lipinski definition) is 2. The van der Waals surface area contributed by atoms with Gasteiger partial charge in [-0.1, -0.05) is 36.4 Å². The number of benzene rings is 2. The smallest absolute Gasteiger partial charge is 0.219 e. The molecular weight excluding hydrogens is 272 g/mol. The van der Waals surface area contributed by atoms with Gasteiger partial charge in [0, 0.05) is 38.4 Å². The van der Waals surface area contributed by atoms with Gasteiger partial charge in [-0.15, -0.1) is 0 Å². The quantitative estimate of drug-likeness (QED) is 0.739. The van der Waals surface area contributed by atoms with E-state index in [1.807, 2.05) is 11.0 Å². The highest BCUT2D eigenvalue weighted by Gasteiger charge is 2.18. The van der Waals surface area contributed by atoms with Gasteiger partial charge in [0.25, 0.3) is 0 Å². The van der Waals surface area contributed by atoms with Crippen molar-refractivity contribution in [2.75, 3.05) is 18.5 Å². The fourth-order valence-electron chi connectivity index (χ4n) is 3.16. The molecule has 1 aliphatic heterocycles. The Kier molecular flexibility index (Phi) is 4.14. The minimum absolute atomic E-state index is 0.145. The standard InChI is InChI=1S/C19H22N2O/c1-15(22)21-13-7-10-16-8-3-5-11-18(16)20(2)19-12-6-4-9-17(19)14-21/h3-6,8-9,11-12H,7,10,13-14H2,1-2H3. The molecule has 1 amide bonds. The second kappa shape index (κ2) is 6.22. The van der Waals surface area contributed by atoms with Gasteiger partial charge in [0.2, 0.25) is 5.91 Å². The fraction of sp³-hybridized carbons (Fsp3) is 0.316. The van der Waals surface area contributed by atoms with Gasteiger partial charge >= 0.3 is 0 Å². The summed E-state index contributed by atoms with van der Waals surface area (Å²) in [6, 6.07) is 16.9. The van der Waals surface area contributed by atoms with Gasteiger partial charge in [0.05, 0.1) is 0 Å². The number of anilines is 2. The molecule has 0 atom stereocenters. The lowest BCUT2D eigenvalue weighted by atomic mass is 10.0. The Morgan fingerprint density at radius 1 is 0.955 bits per heavy atom. The minimum Gasteiger partial charge on any atom is -0.344 e. The molecule has 3 nitrogen and oxygen atoms in total. The summed E-state index contributed by atoms with van der Waals surface area (Å²) >= 11 is 0. The van der Waals surface area contributed by atoms with Crippen LogP contribution in [0.15, 0.2) is 48.5 Å². The minimum atomic E-state index is 0.145. The average Bonchev–Trinajstić information content (AvgIpc) is 2.54. The molecule has 0 saturated heterocycles. The number of carbonyl (C=O) groups is 1. The molecule has 1 aliphatic rings. The van der Waals surface area contributed by atoms with Crippen LogP contribution in [0.5, 0.6) is 0 Å². The van der Waals surface area contributed by atoms with Gasteiger partial charge in [0.15, 0.2) is 0 Å². The Morgan fingerprint density at radius 2 is 1.55 bits per heavy atom. The van der Waals surface area contributed by atoms with Crippen LogP contribution in [0.4, 0.5) is 11.4 Å². The van der Waals surface area contributed by atoms with Crippen LogP contribution in [-0.2, 0) is 17.8 Å². The van der Waals surface area contributed by atoms with Crippen LogP contribution < -0.4 is 4.90 Å². The van der Waals surface area contributed by atoms with Crippen molar-refractivity contribution in [3.63, 3.8) is 0 Å². The van der Waals surface area contributed by atoms with E-state index in [1.165, 1.54) is 22.5 Å². The third kappa shape index (κ3) is 2.84. The van der Waals surface area contributed by atoms with Crippen molar-refractivity contribution in [1.82, 2.24) is 4.90 Å². The number of fused-ring (bicyclic) bond motifs is 2. The van der Waals surface area contributed by atoms with Crippen LogP contribution in [0.1, 0.15) is 24.5 Å². The van der Waals surface area contributed by atoms with Crippen LogP contribution in [-0.4, -0.2) is 24.4 Å². The van der Waals surface area contributed by atoms with Crippen molar-refractivity contribution in [2.45, 2.75) is 26.3 Å². The number of rotatable bonds is 0. The largest absolute Gasteiger partial charge is 0.344 e. The predicted molar refractivity (Wildman–Crippen MR) is 90.4 cm³/mol. The molecular formula is C19H22N2O. The normalized spacial score (nSPS) is 15.0. The third-order valence-electron chi connectivity index (χ3n) is 4.39. The van der Waals surface area contributed by atoms with E-state index in [-0.39, 0.29) is 5.91 Å². The Hall–Kier alpha value is -2.29. The number of amides is 1. The number of hydrogen-bond donors (Lipinski definition) is 0. The molecule has 22 heavy (non-hydrogen) atoms. The highest BCUT2D eigenvalue weighted by molar-refractivity contribution is 5.74. The van der Waals surface area contributed by atoms with Crippen molar-refractivity contribution in [3.05, 3.63) is 59.7 Å². The Labute approximate surface area is 132 Å². The zero-order valence-electron chi connectivity index (χ0n) is 13.2. The first kappa shape index (κ1) is 14.6. The molecule has 0 aromatic heterocycles. The molecule has 0 spiro atoms. The Morgan fingerprint density at radius 3 is 2.23 bits per heavy atom. The molecule has 2 aromatic carbocycles. The monoisotopic (exact) mass is 294 g/mol. The number of nitrogens with zero attached hydrogens (tertiary/aromatic N) is 2. The zero-order valence-corrected chi connectivity index (χ0v) is 13.2. The first-order valence-electron chi connectivity index (χ1n) is 7.82. The van der Waals surface area contributed by atoms with Crippen molar-refractivity contribution in [3.8, 4) is 0 Å². The van der Waals surface area contributed by atoms with E-state index in [1.54, 1.807) is 6.92 Å². The lowest BCUT2D eigenvalue weighted by Gasteiger charge is -2.30. The second-order valence-electron chi connectivity index (χ2n) is 5.86. The SMILES string of the molecule is CC(=O)N1CCCc2ccccc2N(C)c2ccccc2C1. The molecule has 0 fully saturated rings. The second-order valence-corrected chi connectivity index (χ2v) is 5.86. The summed E-state index contributed by atoms with van der Waals surface area (Å²) in [5, 5.41) is 0. The molecule has 1 heterocycles. The number of carbonyl (C=O) groups excluding carboxylic acids is 1. The summed E-state index contributed by atoms with van der Waals surface area (Å²) < 4.78 is 0. The molecule has 0 unspecified atom stereocenters. The highest BCUT2D eigenvalue weighted by Crippen LogP contribution is 2.32. The molecule has 0 saturated carbocycles. The van der Waals surface area contributed by atoms with Gasteiger partial charge in [0.1, 0.15) is 0 Å². The topological polar surface area (TPSA) is 23.6 Å². The van der Waals surface area contributed by atoms with E-state index in [9.17, 15) is 4.79 Å². The predicted octanol–water partition coefficient (Wildman–Crippen LogP) is 3.75. The lowest BCUT2D eigenvalue weighted by molar-refractivity contribution is -0.129. The van der Waals surface area contributed by atoms with Crippen LogP contribution in [0, 0.1) is 0 Å². The molecule has 0 N–H and O–H groups in total. The number of aryl methyl sites for hydroxylation is 1. The van der Waals surface area contributed by atoms with Crippen LogP contribution in [0.25, 0.3) is 0 Å². The van der Waals surface area contributed by atoms with Crippen molar-refractivity contribution in [2.24, 2.45) is 0 Å². The molecule has 3 rings (SSSR count). The van der Waals surface area contributed by atoms with Crippen LogP contribution in [0.2, 0.25) is 0 Å². The molecule has 0 aliphatic carbocycles. The van der Waals surface area contributed by atoms with E-state index in [0.717, 1.165) is 19.4 Å². The van der Waals surface area contributed by atoms with Crippen LogP contribution in [0.3, 0.4) is 0 Å². The van der Waals surface area contributed by atoms with E-state index in [0.29, 0.717) is 6.54 Å². The molecule has 114 valence electrons. The first-order valence-corrected chi connectivity index (χ1v) is 7.82. The van der Waals surface area contributed by atoms with Gasteiger partial charge < -0.3 is 9.80 Å². The fourth-order valence-corrected chi connectivity index (χ4v) is 3.16. The van der Waals surface area contributed by atoms with E-state index in [2.05, 4.69) is 54.4 Å². The summed E-state index contributed by atoms with van der Waals surface area (Å²) in [5.41, 5.74) is 4.96. The highest BCUT2D eigenvalue weighted by atomic mass is 16.2. The van der Waals surface area contributed by atoms with Gasteiger partial charge in [-0.3, -0.25) is 4.79 Å². The average molecular weight is 294 g/mol. The molecule has 0 bridgehead atoms. The van der Waals surface area contributed by atoms with Crippen molar-refractivity contribution >= 4 is 17.3 Å². The number of para-hydroxylation sites is 2. The maximum absolute atomic E-state index is 11.9. The van der Waals surface area contributed by atoms with Crippen molar-refractivity contribution < 1.29 is 4.79 Å². The lowest BCUT2D eigenvalue weighted by Crippen LogP contribution is -2.31. The Balaban J connectivity index is 2.08.